The van der Waals surface area contributed by atoms with Gasteiger partial charge >= 0.3 is 5.97 Å². The number of nitrogens with one attached hydrogen (secondary N) is 2. The topological polar surface area (TPSA) is 68.2 Å². The molecule has 0 fully saturated rings. The van der Waals surface area contributed by atoms with E-state index in [0.717, 1.165) is 41.8 Å². The third-order valence-electron chi connectivity index (χ3n) is 4.00. The van der Waals surface area contributed by atoms with Crippen molar-refractivity contribution in [2.45, 2.75) is 32.2 Å². The summed E-state index contributed by atoms with van der Waals surface area (Å²) in [5, 5.41) is 11.7. The Morgan fingerprint density at radius 1 is 1.46 bits per heavy atom. The summed E-state index contributed by atoms with van der Waals surface area (Å²) < 4.78 is 6.71. The Hall–Kier alpha value is -1.93. The molecule has 6 nitrogen and oxygen atoms in total. The van der Waals surface area contributed by atoms with E-state index in [0.29, 0.717) is 17.2 Å². The van der Waals surface area contributed by atoms with Crippen molar-refractivity contribution in [1.82, 2.24) is 15.1 Å². The fourth-order valence-corrected chi connectivity index (χ4v) is 4.39. The van der Waals surface area contributed by atoms with Crippen molar-refractivity contribution >= 4 is 39.6 Å². The largest absolute Gasteiger partial charge is 0.465 e. The zero-order valence-electron chi connectivity index (χ0n) is 13.7. The van der Waals surface area contributed by atoms with Crippen molar-refractivity contribution in [2.24, 2.45) is 7.05 Å². The van der Waals surface area contributed by atoms with Gasteiger partial charge < -0.3 is 15.4 Å². The minimum atomic E-state index is -0.299. The van der Waals surface area contributed by atoms with Crippen LogP contribution in [0.4, 0.5) is 5.00 Å². The number of aromatic nitrogens is 2. The Labute approximate surface area is 150 Å². The lowest BCUT2D eigenvalue weighted by atomic mass is 9.95. The van der Waals surface area contributed by atoms with Crippen LogP contribution in [0.25, 0.3) is 0 Å². The summed E-state index contributed by atoms with van der Waals surface area (Å²) in [7, 11) is 3.29. The summed E-state index contributed by atoms with van der Waals surface area (Å²) in [6.45, 7) is 0.582. The van der Waals surface area contributed by atoms with Crippen LogP contribution in [-0.4, -0.2) is 28.0 Å². The van der Waals surface area contributed by atoms with Crippen LogP contribution in [0.5, 0.6) is 0 Å². The van der Waals surface area contributed by atoms with Crippen LogP contribution in [0.15, 0.2) is 12.4 Å². The van der Waals surface area contributed by atoms with E-state index in [1.807, 2.05) is 13.2 Å². The molecule has 0 radical (unpaired) electrons. The number of thiophene rings is 1. The Morgan fingerprint density at radius 2 is 2.25 bits per heavy atom. The molecule has 0 aliphatic heterocycles. The van der Waals surface area contributed by atoms with E-state index in [1.54, 1.807) is 22.2 Å². The van der Waals surface area contributed by atoms with Crippen molar-refractivity contribution < 1.29 is 9.53 Å². The molecule has 2 aromatic heterocycles. The number of rotatable bonds is 4. The van der Waals surface area contributed by atoms with Crippen LogP contribution in [0.1, 0.15) is 39.2 Å². The quantitative estimate of drug-likeness (QED) is 0.642. The molecular weight excluding hydrogens is 344 g/mol. The second kappa shape index (κ2) is 7.31. The first kappa shape index (κ1) is 16.9. The molecular formula is C16H20N4O2S2. The molecule has 0 unspecified atom stereocenters. The minimum absolute atomic E-state index is 0.299. The normalized spacial score (nSPS) is 13.2. The maximum Gasteiger partial charge on any atom is 0.341 e. The number of ether oxygens (including phenoxy) is 1. The summed E-state index contributed by atoms with van der Waals surface area (Å²) in [4.78, 5) is 13.5. The Morgan fingerprint density at radius 3 is 2.96 bits per heavy atom. The van der Waals surface area contributed by atoms with Gasteiger partial charge in [-0.15, -0.1) is 11.3 Å². The van der Waals surface area contributed by atoms with Crippen LogP contribution in [-0.2, 0) is 31.2 Å². The van der Waals surface area contributed by atoms with Crippen molar-refractivity contribution in [2.75, 3.05) is 12.4 Å². The predicted molar refractivity (Wildman–Crippen MR) is 98.6 cm³/mol. The van der Waals surface area contributed by atoms with Gasteiger partial charge in [0, 0.05) is 30.2 Å². The number of anilines is 1. The molecule has 3 rings (SSSR count). The second-order valence-corrected chi connectivity index (χ2v) is 7.25. The first-order chi connectivity index (χ1) is 11.6. The summed E-state index contributed by atoms with van der Waals surface area (Å²) in [6.07, 6.45) is 7.93. The number of thiocarbonyl (C=S) groups is 1. The molecule has 0 saturated heterocycles. The number of aryl methyl sites for hydroxylation is 2. The van der Waals surface area contributed by atoms with Gasteiger partial charge in [0.25, 0.3) is 0 Å². The van der Waals surface area contributed by atoms with E-state index in [1.165, 1.54) is 12.0 Å². The zero-order valence-corrected chi connectivity index (χ0v) is 15.4. The molecule has 128 valence electrons. The van der Waals surface area contributed by atoms with Gasteiger partial charge in [0.15, 0.2) is 5.11 Å². The highest BCUT2D eigenvalue weighted by Gasteiger charge is 2.26. The first-order valence-corrected chi connectivity index (χ1v) is 9.06. The smallest absolute Gasteiger partial charge is 0.341 e. The van der Waals surface area contributed by atoms with Crippen LogP contribution in [0.3, 0.4) is 0 Å². The van der Waals surface area contributed by atoms with Crippen LogP contribution in [0, 0.1) is 0 Å². The molecule has 2 aromatic rings. The molecule has 0 amide bonds. The number of carbonyl (C=O) groups excluding carboxylic acids is 1. The standard InChI is InChI=1S/C16H20N4O2S2/c1-20-9-10(8-18-20)7-17-16(23)19-14-13(15(21)22-2)11-5-3-4-6-12(11)24-14/h8-9H,3-7H2,1-2H3,(H2,17,19,23). The van der Waals surface area contributed by atoms with Gasteiger partial charge in [-0.3, -0.25) is 4.68 Å². The number of hydrogen-bond donors (Lipinski definition) is 2. The van der Waals surface area contributed by atoms with Crippen molar-refractivity contribution in [1.29, 1.82) is 0 Å². The highest BCUT2D eigenvalue weighted by Crippen LogP contribution is 2.38. The Kier molecular flexibility index (Phi) is 5.15. The highest BCUT2D eigenvalue weighted by atomic mass is 32.1. The molecule has 0 aromatic carbocycles. The molecule has 0 saturated carbocycles. The van der Waals surface area contributed by atoms with Crippen molar-refractivity contribution in [3.8, 4) is 0 Å². The molecule has 2 N–H and O–H groups in total. The third-order valence-corrected chi connectivity index (χ3v) is 5.45. The number of methoxy groups -OCH3 is 1. The Bertz CT molecular complexity index is 766. The van der Waals surface area contributed by atoms with E-state index in [-0.39, 0.29) is 5.97 Å². The van der Waals surface area contributed by atoms with Crippen molar-refractivity contribution in [3.63, 3.8) is 0 Å². The van der Waals surface area contributed by atoms with E-state index in [9.17, 15) is 4.79 Å². The maximum atomic E-state index is 12.2. The summed E-state index contributed by atoms with van der Waals surface area (Å²) in [5.41, 5.74) is 2.80. The number of esters is 1. The maximum absolute atomic E-state index is 12.2. The summed E-state index contributed by atoms with van der Waals surface area (Å²) >= 11 is 6.97. The minimum Gasteiger partial charge on any atom is -0.465 e. The summed E-state index contributed by atoms with van der Waals surface area (Å²) in [5.74, 6) is -0.299. The van der Waals surface area contributed by atoms with Gasteiger partial charge in [-0.1, -0.05) is 0 Å². The summed E-state index contributed by atoms with van der Waals surface area (Å²) in [6, 6.07) is 0. The first-order valence-electron chi connectivity index (χ1n) is 7.83. The fourth-order valence-electron chi connectivity index (χ4n) is 2.86. The molecule has 0 spiro atoms. The van der Waals surface area contributed by atoms with E-state index < -0.39 is 0 Å². The van der Waals surface area contributed by atoms with Gasteiger partial charge in [-0.05, 0) is 43.5 Å². The van der Waals surface area contributed by atoms with E-state index in [4.69, 9.17) is 17.0 Å². The average Bonchev–Trinajstić information content (AvgIpc) is 3.15. The molecule has 1 aliphatic rings. The fraction of sp³-hybridized carbons (Fsp3) is 0.438. The number of nitrogens with zero attached hydrogens (tertiary/aromatic N) is 2. The monoisotopic (exact) mass is 364 g/mol. The lowest BCUT2D eigenvalue weighted by Gasteiger charge is -2.12. The molecule has 24 heavy (non-hydrogen) atoms. The average molecular weight is 364 g/mol. The van der Waals surface area contributed by atoms with Crippen molar-refractivity contribution in [3.05, 3.63) is 34.0 Å². The van der Waals surface area contributed by atoms with E-state index in [2.05, 4.69) is 15.7 Å². The number of carbonyl (C=O) groups is 1. The van der Waals surface area contributed by atoms with Gasteiger partial charge in [0.05, 0.1) is 18.9 Å². The Balaban J connectivity index is 1.72. The second-order valence-electron chi connectivity index (χ2n) is 5.74. The van der Waals surface area contributed by atoms with Gasteiger partial charge in [-0.2, -0.15) is 5.10 Å². The predicted octanol–water partition coefficient (Wildman–Crippen LogP) is 2.63. The number of fused-ring (bicyclic) bond motifs is 1. The molecule has 1 aliphatic carbocycles. The molecule has 0 atom stereocenters. The lowest BCUT2D eigenvalue weighted by molar-refractivity contribution is 0.0601. The number of hydrogen-bond acceptors (Lipinski definition) is 5. The highest BCUT2D eigenvalue weighted by molar-refractivity contribution is 7.80. The van der Waals surface area contributed by atoms with Gasteiger partial charge in [0.2, 0.25) is 0 Å². The zero-order chi connectivity index (χ0) is 17.1. The van der Waals surface area contributed by atoms with E-state index >= 15 is 0 Å². The van der Waals surface area contributed by atoms with Gasteiger partial charge in [0.1, 0.15) is 5.00 Å². The molecule has 2 heterocycles. The SMILES string of the molecule is COC(=O)c1c(NC(=S)NCc2cnn(C)c2)sc2c1CCCC2. The molecule has 8 heteroatoms. The van der Waals surface area contributed by atoms with Crippen LogP contribution in [0.2, 0.25) is 0 Å². The van der Waals surface area contributed by atoms with Crippen LogP contribution < -0.4 is 10.6 Å². The lowest BCUT2D eigenvalue weighted by Crippen LogP contribution is -2.28. The third kappa shape index (κ3) is 3.59. The van der Waals surface area contributed by atoms with Crippen LogP contribution >= 0.6 is 23.6 Å². The van der Waals surface area contributed by atoms with Gasteiger partial charge in [-0.25, -0.2) is 4.79 Å². The molecule has 0 bridgehead atoms.